The van der Waals surface area contributed by atoms with E-state index in [0.29, 0.717) is 32.7 Å². The zero-order valence-corrected chi connectivity index (χ0v) is 16.5. The van der Waals surface area contributed by atoms with Gasteiger partial charge in [0.1, 0.15) is 11.5 Å². The van der Waals surface area contributed by atoms with Gasteiger partial charge in [-0.15, -0.1) is 0 Å². The van der Waals surface area contributed by atoms with Crippen LogP contribution in [-0.4, -0.2) is 18.2 Å². The molecule has 144 valence electrons. The third-order valence-corrected chi connectivity index (χ3v) is 4.81. The third kappa shape index (κ3) is 4.34. The summed E-state index contributed by atoms with van der Waals surface area (Å²) in [5.41, 5.74) is 1.71. The number of Topliss-reactive ketones (excluding diaryl/α,β-unsaturated/α-hetero) is 2. The van der Waals surface area contributed by atoms with Crippen LogP contribution in [0.15, 0.2) is 72.5 Å². The molecule has 29 heavy (non-hydrogen) atoms. The van der Waals surface area contributed by atoms with Crippen molar-refractivity contribution in [3.05, 3.63) is 99.2 Å². The predicted octanol–water partition coefficient (Wildman–Crippen LogP) is 5.87. The number of hydrogen-bond donors (Lipinski definition) is 0. The van der Waals surface area contributed by atoms with Crippen molar-refractivity contribution < 1.29 is 19.1 Å². The third-order valence-electron chi connectivity index (χ3n) is 4.32. The van der Waals surface area contributed by atoms with E-state index >= 15 is 0 Å². The van der Waals surface area contributed by atoms with E-state index in [1.807, 2.05) is 6.07 Å². The number of ketones is 2. The van der Waals surface area contributed by atoms with Crippen LogP contribution >= 0.6 is 23.2 Å². The first-order valence-corrected chi connectivity index (χ1v) is 9.50. The van der Waals surface area contributed by atoms with Crippen LogP contribution < -0.4 is 9.47 Å². The number of rotatable bonds is 5. The number of carbonyl (C=O) groups excluding carboxylic acids is 2. The van der Waals surface area contributed by atoms with Crippen molar-refractivity contribution in [3.63, 3.8) is 0 Å². The molecule has 1 heterocycles. The number of hydrogen-bond acceptors (Lipinski definition) is 4. The fourth-order valence-electron chi connectivity index (χ4n) is 2.87. The van der Waals surface area contributed by atoms with E-state index in [1.54, 1.807) is 66.7 Å². The highest BCUT2D eigenvalue weighted by atomic mass is 35.5. The van der Waals surface area contributed by atoms with Crippen LogP contribution in [0.5, 0.6) is 11.5 Å². The molecule has 3 aromatic rings. The van der Waals surface area contributed by atoms with Crippen molar-refractivity contribution in [1.82, 2.24) is 0 Å². The zero-order valence-electron chi connectivity index (χ0n) is 15.0. The first-order chi connectivity index (χ1) is 14.0. The quantitative estimate of drug-likeness (QED) is 0.379. The summed E-state index contributed by atoms with van der Waals surface area (Å²) in [5, 5.41) is 1.13. The summed E-state index contributed by atoms with van der Waals surface area (Å²) in [6, 6.07) is 18.6. The van der Waals surface area contributed by atoms with Gasteiger partial charge in [-0.25, -0.2) is 0 Å². The molecule has 1 aliphatic heterocycles. The highest BCUT2D eigenvalue weighted by Gasteiger charge is 2.27. The van der Waals surface area contributed by atoms with Crippen LogP contribution in [0.2, 0.25) is 10.0 Å². The molecule has 0 saturated carbocycles. The van der Waals surface area contributed by atoms with Crippen LogP contribution in [-0.2, 0) is 0 Å². The van der Waals surface area contributed by atoms with Crippen LogP contribution in [0, 0.1) is 0 Å². The Kier molecular flexibility index (Phi) is 5.38. The molecule has 0 aliphatic carbocycles. The van der Waals surface area contributed by atoms with Gasteiger partial charge in [-0.1, -0.05) is 35.3 Å². The lowest BCUT2D eigenvalue weighted by molar-refractivity contribution is 0.0921. The number of benzene rings is 3. The molecule has 0 aromatic heterocycles. The second-order valence-corrected chi connectivity index (χ2v) is 7.24. The van der Waals surface area contributed by atoms with Crippen LogP contribution in [0.3, 0.4) is 0 Å². The zero-order chi connectivity index (χ0) is 20.4. The van der Waals surface area contributed by atoms with E-state index < -0.39 is 0 Å². The molecule has 4 nitrogen and oxygen atoms in total. The lowest BCUT2D eigenvalue weighted by atomic mass is 10.1. The Morgan fingerprint density at radius 3 is 2.52 bits per heavy atom. The molecule has 0 atom stereocenters. The maximum absolute atomic E-state index is 12.5. The fraction of sp³-hybridized carbons (Fsp3) is 0.0435. The molecular formula is C23H14Cl2O4. The Labute approximate surface area is 177 Å². The maximum atomic E-state index is 12.5. The van der Waals surface area contributed by atoms with E-state index in [1.165, 1.54) is 0 Å². The van der Waals surface area contributed by atoms with E-state index in [2.05, 4.69) is 0 Å². The number of carbonyl (C=O) groups is 2. The molecule has 0 saturated heterocycles. The topological polar surface area (TPSA) is 52.6 Å². The molecule has 0 radical (unpaired) electrons. The lowest BCUT2D eigenvalue weighted by Crippen LogP contribution is -2.11. The summed E-state index contributed by atoms with van der Waals surface area (Å²) in [6.45, 7) is -0.139. The summed E-state index contributed by atoms with van der Waals surface area (Å²) in [6.07, 6.45) is 1.64. The van der Waals surface area contributed by atoms with E-state index in [4.69, 9.17) is 32.7 Å². The minimum Gasteiger partial charge on any atom is -0.485 e. The summed E-state index contributed by atoms with van der Waals surface area (Å²) >= 11 is 11.8. The summed E-state index contributed by atoms with van der Waals surface area (Å²) in [4.78, 5) is 24.8. The molecule has 0 amide bonds. The van der Waals surface area contributed by atoms with Gasteiger partial charge in [0, 0.05) is 21.7 Å². The van der Waals surface area contributed by atoms with Gasteiger partial charge in [0.2, 0.25) is 5.78 Å². The summed E-state index contributed by atoms with van der Waals surface area (Å²) < 4.78 is 11.3. The van der Waals surface area contributed by atoms with Crippen molar-refractivity contribution in [2.24, 2.45) is 0 Å². The Morgan fingerprint density at radius 1 is 0.966 bits per heavy atom. The normalized spacial score (nSPS) is 13.9. The van der Waals surface area contributed by atoms with Crippen molar-refractivity contribution in [2.45, 2.75) is 0 Å². The largest absolute Gasteiger partial charge is 0.485 e. The number of fused-ring (bicyclic) bond motifs is 1. The van der Waals surface area contributed by atoms with Crippen LogP contribution in [0.1, 0.15) is 26.3 Å². The minimum absolute atomic E-state index is 0.139. The molecule has 3 aromatic carbocycles. The first kappa shape index (κ1) is 19.2. The van der Waals surface area contributed by atoms with Gasteiger partial charge in [-0.05, 0) is 60.2 Å². The highest BCUT2D eigenvalue weighted by Crippen LogP contribution is 2.35. The summed E-state index contributed by atoms with van der Waals surface area (Å²) in [5.74, 6) is 0.628. The van der Waals surface area contributed by atoms with Gasteiger partial charge in [0.25, 0.3) is 0 Å². The molecular weight excluding hydrogens is 411 g/mol. The van der Waals surface area contributed by atoms with Crippen LogP contribution in [0.25, 0.3) is 6.08 Å². The molecule has 0 spiro atoms. The molecule has 0 bridgehead atoms. The van der Waals surface area contributed by atoms with Gasteiger partial charge in [0.15, 0.2) is 18.1 Å². The van der Waals surface area contributed by atoms with Crippen molar-refractivity contribution in [1.29, 1.82) is 0 Å². The first-order valence-electron chi connectivity index (χ1n) is 8.75. The fourth-order valence-corrected chi connectivity index (χ4v) is 3.20. The molecule has 0 unspecified atom stereocenters. The standard InChI is InChI=1S/C23H14Cl2O4/c24-16-6-4-15(5-7-16)20(26)13-28-18-8-9-19-21(12-18)29-22(23(19)27)11-14-2-1-3-17(25)10-14/h1-12H,13H2. The second kappa shape index (κ2) is 8.11. The molecule has 0 fully saturated rings. The van der Waals surface area contributed by atoms with E-state index in [0.717, 1.165) is 5.56 Å². The highest BCUT2D eigenvalue weighted by molar-refractivity contribution is 6.31. The number of halogens is 2. The Balaban J connectivity index is 1.47. The molecule has 0 N–H and O–H groups in total. The van der Waals surface area contributed by atoms with Gasteiger partial charge in [-0.2, -0.15) is 0 Å². The minimum atomic E-state index is -0.219. The van der Waals surface area contributed by atoms with Gasteiger partial charge in [-0.3, -0.25) is 9.59 Å². The van der Waals surface area contributed by atoms with Gasteiger partial charge >= 0.3 is 0 Å². The SMILES string of the molecule is O=C(COc1ccc2c(c1)OC(=Cc1cccc(Cl)c1)C2=O)c1ccc(Cl)cc1. The smallest absolute Gasteiger partial charge is 0.231 e. The van der Waals surface area contributed by atoms with Gasteiger partial charge < -0.3 is 9.47 Å². The second-order valence-electron chi connectivity index (χ2n) is 6.37. The Bertz CT molecular complexity index is 1130. The number of ether oxygens (including phenoxy) is 2. The Morgan fingerprint density at radius 2 is 1.76 bits per heavy atom. The van der Waals surface area contributed by atoms with Crippen molar-refractivity contribution in [3.8, 4) is 11.5 Å². The summed E-state index contributed by atoms with van der Waals surface area (Å²) in [7, 11) is 0. The average molecular weight is 425 g/mol. The molecule has 6 heteroatoms. The van der Waals surface area contributed by atoms with E-state index in [-0.39, 0.29) is 23.9 Å². The van der Waals surface area contributed by atoms with Crippen molar-refractivity contribution in [2.75, 3.05) is 6.61 Å². The monoisotopic (exact) mass is 424 g/mol. The molecule has 4 rings (SSSR count). The van der Waals surface area contributed by atoms with Crippen LogP contribution in [0.4, 0.5) is 0 Å². The lowest BCUT2D eigenvalue weighted by Gasteiger charge is -2.07. The maximum Gasteiger partial charge on any atom is 0.231 e. The molecule has 1 aliphatic rings. The predicted molar refractivity (Wildman–Crippen MR) is 112 cm³/mol. The van der Waals surface area contributed by atoms with Crippen molar-refractivity contribution >= 4 is 40.8 Å². The number of allylic oxidation sites excluding steroid dienone is 1. The average Bonchev–Trinajstić information content (AvgIpc) is 3.01. The van der Waals surface area contributed by atoms with E-state index in [9.17, 15) is 9.59 Å². The Hall–Kier alpha value is -3.08. The van der Waals surface area contributed by atoms with Gasteiger partial charge in [0.05, 0.1) is 5.56 Å².